The van der Waals surface area contributed by atoms with Gasteiger partial charge >= 0.3 is 5.69 Å². The topological polar surface area (TPSA) is 99.3 Å². The standard InChI is InChI=1S/C19H18N4O4/c1-13-3-5-14(6-4-13)12-22-10-9-18(21-22)20-19(24)15-7-8-17(27-2)16(11-15)23(25)26/h3-11H,12H2,1-2H3,(H,20,21,24). The third-order valence-electron chi connectivity index (χ3n) is 3.99. The number of nitrogens with one attached hydrogen (secondary N) is 1. The molecule has 0 saturated heterocycles. The molecule has 8 heteroatoms. The first-order valence-electron chi connectivity index (χ1n) is 8.19. The van der Waals surface area contributed by atoms with E-state index in [1.165, 1.54) is 30.9 Å². The maximum atomic E-state index is 12.4. The molecule has 0 unspecified atom stereocenters. The van der Waals surface area contributed by atoms with E-state index < -0.39 is 10.8 Å². The number of carbonyl (C=O) groups is 1. The summed E-state index contributed by atoms with van der Waals surface area (Å²) in [4.78, 5) is 22.9. The Morgan fingerprint density at radius 2 is 1.96 bits per heavy atom. The third-order valence-corrected chi connectivity index (χ3v) is 3.99. The maximum Gasteiger partial charge on any atom is 0.311 e. The maximum absolute atomic E-state index is 12.4. The predicted molar refractivity (Wildman–Crippen MR) is 100 cm³/mol. The molecule has 0 bridgehead atoms. The number of nitro groups is 1. The van der Waals surface area contributed by atoms with E-state index in [-0.39, 0.29) is 17.0 Å². The molecule has 2 aromatic carbocycles. The van der Waals surface area contributed by atoms with Crippen LogP contribution in [0.15, 0.2) is 54.7 Å². The minimum Gasteiger partial charge on any atom is -0.490 e. The molecule has 3 rings (SSSR count). The van der Waals surface area contributed by atoms with E-state index >= 15 is 0 Å². The molecule has 27 heavy (non-hydrogen) atoms. The fourth-order valence-corrected chi connectivity index (χ4v) is 2.56. The fourth-order valence-electron chi connectivity index (χ4n) is 2.56. The monoisotopic (exact) mass is 366 g/mol. The van der Waals surface area contributed by atoms with Crippen LogP contribution in [-0.2, 0) is 6.54 Å². The van der Waals surface area contributed by atoms with E-state index in [9.17, 15) is 14.9 Å². The molecule has 0 fully saturated rings. The van der Waals surface area contributed by atoms with Gasteiger partial charge in [-0.25, -0.2) is 0 Å². The highest BCUT2D eigenvalue weighted by atomic mass is 16.6. The zero-order chi connectivity index (χ0) is 19.4. The summed E-state index contributed by atoms with van der Waals surface area (Å²) in [7, 11) is 1.34. The molecule has 0 aliphatic heterocycles. The van der Waals surface area contributed by atoms with E-state index in [0.29, 0.717) is 12.4 Å². The molecular weight excluding hydrogens is 348 g/mol. The summed E-state index contributed by atoms with van der Waals surface area (Å²) in [5.74, 6) is -0.0224. The van der Waals surface area contributed by atoms with Crippen LogP contribution in [0.1, 0.15) is 21.5 Å². The van der Waals surface area contributed by atoms with Gasteiger partial charge in [-0.15, -0.1) is 0 Å². The fraction of sp³-hybridized carbons (Fsp3) is 0.158. The van der Waals surface area contributed by atoms with Gasteiger partial charge in [-0.3, -0.25) is 19.6 Å². The average Bonchev–Trinajstić information content (AvgIpc) is 3.09. The van der Waals surface area contributed by atoms with Crippen LogP contribution >= 0.6 is 0 Å². The smallest absolute Gasteiger partial charge is 0.311 e. The number of anilines is 1. The minimum absolute atomic E-state index is 0.0962. The second kappa shape index (κ2) is 7.69. The summed E-state index contributed by atoms with van der Waals surface area (Å²) < 4.78 is 6.64. The van der Waals surface area contributed by atoms with E-state index in [0.717, 1.165) is 5.56 Å². The number of nitro benzene ring substituents is 1. The van der Waals surface area contributed by atoms with Gasteiger partial charge in [0.15, 0.2) is 11.6 Å². The first-order chi connectivity index (χ1) is 13.0. The van der Waals surface area contributed by atoms with Crippen molar-refractivity contribution in [2.75, 3.05) is 12.4 Å². The highest BCUT2D eigenvalue weighted by Gasteiger charge is 2.18. The van der Waals surface area contributed by atoms with Crippen LogP contribution in [0.5, 0.6) is 5.75 Å². The predicted octanol–water partition coefficient (Wildman–Crippen LogP) is 3.41. The zero-order valence-electron chi connectivity index (χ0n) is 14.9. The van der Waals surface area contributed by atoms with Gasteiger partial charge in [0.25, 0.3) is 5.91 Å². The van der Waals surface area contributed by atoms with Crippen molar-refractivity contribution >= 4 is 17.4 Å². The number of rotatable bonds is 6. The number of carbonyl (C=O) groups excluding carboxylic acids is 1. The molecule has 8 nitrogen and oxygen atoms in total. The van der Waals surface area contributed by atoms with Crippen molar-refractivity contribution in [3.8, 4) is 5.75 Å². The Labute approximate surface area is 155 Å². The Bertz CT molecular complexity index is 980. The summed E-state index contributed by atoms with van der Waals surface area (Å²) in [5, 5.41) is 18.0. The Kier molecular flexibility index (Phi) is 5.16. The molecule has 1 aromatic heterocycles. The van der Waals surface area contributed by atoms with Crippen molar-refractivity contribution in [2.45, 2.75) is 13.5 Å². The average molecular weight is 366 g/mol. The Morgan fingerprint density at radius 1 is 1.22 bits per heavy atom. The van der Waals surface area contributed by atoms with Crippen LogP contribution in [-0.4, -0.2) is 27.7 Å². The zero-order valence-corrected chi connectivity index (χ0v) is 14.9. The molecule has 0 aliphatic rings. The molecule has 0 atom stereocenters. The normalized spacial score (nSPS) is 10.4. The minimum atomic E-state index is -0.591. The number of ether oxygens (including phenoxy) is 1. The van der Waals surface area contributed by atoms with Gasteiger partial charge in [0, 0.05) is 23.9 Å². The Hall–Kier alpha value is -3.68. The third kappa shape index (κ3) is 4.30. The largest absolute Gasteiger partial charge is 0.490 e. The molecule has 0 aliphatic carbocycles. The van der Waals surface area contributed by atoms with Gasteiger partial charge in [0.05, 0.1) is 18.6 Å². The molecule has 0 radical (unpaired) electrons. The van der Waals surface area contributed by atoms with Crippen molar-refractivity contribution in [1.29, 1.82) is 0 Å². The summed E-state index contributed by atoms with van der Waals surface area (Å²) in [6.45, 7) is 2.60. The molecule has 138 valence electrons. The highest BCUT2D eigenvalue weighted by Crippen LogP contribution is 2.27. The van der Waals surface area contributed by atoms with Gasteiger partial charge in [-0.05, 0) is 24.6 Å². The van der Waals surface area contributed by atoms with Crippen LogP contribution in [0.25, 0.3) is 0 Å². The van der Waals surface area contributed by atoms with Crippen molar-refractivity contribution in [1.82, 2.24) is 9.78 Å². The van der Waals surface area contributed by atoms with Gasteiger partial charge < -0.3 is 10.1 Å². The number of methoxy groups -OCH3 is 1. The second-order valence-electron chi connectivity index (χ2n) is 5.98. The van der Waals surface area contributed by atoms with E-state index in [4.69, 9.17) is 4.74 Å². The summed E-state index contributed by atoms with van der Waals surface area (Å²) in [5.41, 5.74) is 2.15. The molecule has 1 N–H and O–H groups in total. The van der Waals surface area contributed by atoms with Gasteiger partial charge in [0.2, 0.25) is 0 Å². The molecular formula is C19H18N4O4. The van der Waals surface area contributed by atoms with Crippen molar-refractivity contribution in [3.63, 3.8) is 0 Å². The van der Waals surface area contributed by atoms with Gasteiger partial charge in [-0.1, -0.05) is 29.8 Å². The summed E-state index contributed by atoms with van der Waals surface area (Å²) >= 11 is 0. The van der Waals surface area contributed by atoms with Crippen molar-refractivity contribution in [2.24, 2.45) is 0 Å². The lowest BCUT2D eigenvalue weighted by atomic mass is 10.1. The Balaban J connectivity index is 1.71. The van der Waals surface area contributed by atoms with E-state index in [2.05, 4.69) is 10.4 Å². The number of aromatic nitrogens is 2. The number of hydrogen-bond donors (Lipinski definition) is 1. The number of aryl methyl sites for hydroxylation is 1. The first-order valence-corrected chi connectivity index (χ1v) is 8.19. The quantitative estimate of drug-likeness (QED) is 0.532. The van der Waals surface area contributed by atoms with Crippen LogP contribution < -0.4 is 10.1 Å². The molecule has 1 amide bonds. The lowest BCUT2D eigenvalue weighted by molar-refractivity contribution is -0.385. The van der Waals surface area contributed by atoms with Crippen LogP contribution in [0.3, 0.4) is 0 Å². The first kappa shape index (κ1) is 18.1. The van der Waals surface area contributed by atoms with Gasteiger partial charge in [0.1, 0.15) is 0 Å². The molecule has 0 spiro atoms. The lowest BCUT2D eigenvalue weighted by Crippen LogP contribution is -2.13. The highest BCUT2D eigenvalue weighted by molar-refractivity contribution is 6.04. The Morgan fingerprint density at radius 3 is 2.63 bits per heavy atom. The van der Waals surface area contributed by atoms with E-state index in [1.54, 1.807) is 16.9 Å². The number of nitrogens with zero attached hydrogens (tertiary/aromatic N) is 3. The van der Waals surface area contributed by atoms with Crippen molar-refractivity contribution in [3.05, 3.63) is 81.5 Å². The second-order valence-corrected chi connectivity index (χ2v) is 5.98. The van der Waals surface area contributed by atoms with E-state index in [1.807, 2.05) is 31.2 Å². The van der Waals surface area contributed by atoms with Crippen molar-refractivity contribution < 1.29 is 14.5 Å². The molecule has 1 heterocycles. The number of hydrogen-bond acceptors (Lipinski definition) is 5. The van der Waals surface area contributed by atoms with Gasteiger partial charge in [-0.2, -0.15) is 5.10 Å². The summed E-state index contributed by atoms with van der Waals surface area (Å²) in [6, 6.07) is 13.8. The van der Waals surface area contributed by atoms with Crippen LogP contribution in [0, 0.1) is 17.0 Å². The lowest BCUT2D eigenvalue weighted by Gasteiger charge is -2.05. The summed E-state index contributed by atoms with van der Waals surface area (Å²) in [6.07, 6.45) is 1.76. The van der Waals surface area contributed by atoms with Crippen LogP contribution in [0.2, 0.25) is 0 Å². The van der Waals surface area contributed by atoms with Crippen LogP contribution in [0.4, 0.5) is 11.5 Å². The SMILES string of the molecule is COc1ccc(C(=O)Nc2ccn(Cc3ccc(C)cc3)n2)cc1[N+](=O)[O-]. The number of amides is 1. The number of benzene rings is 2. The molecule has 0 saturated carbocycles. The molecule has 3 aromatic rings.